The van der Waals surface area contributed by atoms with Gasteiger partial charge < -0.3 is 14.5 Å². The van der Waals surface area contributed by atoms with Gasteiger partial charge in [-0.15, -0.1) is 0 Å². The maximum absolute atomic E-state index is 13.2. The van der Waals surface area contributed by atoms with Crippen molar-refractivity contribution < 1.29 is 9.53 Å². The molecule has 0 bridgehead atoms. The molecule has 0 amide bonds. The van der Waals surface area contributed by atoms with Gasteiger partial charge in [0.1, 0.15) is 5.75 Å². The zero-order valence-corrected chi connectivity index (χ0v) is 29.9. The van der Waals surface area contributed by atoms with Crippen molar-refractivity contribution >= 4 is 56.8 Å². The minimum Gasteiger partial charge on any atom is -0.453 e. The van der Waals surface area contributed by atoms with Crippen LogP contribution >= 0.6 is 0 Å². The van der Waals surface area contributed by atoms with E-state index in [0.717, 1.165) is 67.9 Å². The number of carbonyl (C=O) groups excluding carboxylic acids is 1. The van der Waals surface area contributed by atoms with Crippen LogP contribution in [0.4, 0.5) is 34.1 Å². The maximum atomic E-state index is 13.2. The fourth-order valence-electron chi connectivity index (χ4n) is 6.90. The molecular formula is C50H38N2O2. The number of allylic oxidation sites excluding steroid dienone is 1. The van der Waals surface area contributed by atoms with E-state index in [2.05, 4.69) is 125 Å². The predicted molar refractivity (Wildman–Crippen MR) is 224 cm³/mol. The van der Waals surface area contributed by atoms with Crippen LogP contribution in [-0.2, 0) is 4.79 Å². The summed E-state index contributed by atoms with van der Waals surface area (Å²) < 4.78 is 6.60. The van der Waals surface area contributed by atoms with Crippen LogP contribution in [0.3, 0.4) is 0 Å². The summed E-state index contributed by atoms with van der Waals surface area (Å²) in [5.74, 6) is 0.875. The Labute approximate surface area is 316 Å². The number of carbonyl (C=O) groups is 1. The molecule has 0 aliphatic carbocycles. The Morgan fingerprint density at radius 3 is 1.13 bits per heavy atom. The Morgan fingerprint density at radius 1 is 0.426 bits per heavy atom. The molecule has 0 aromatic heterocycles. The molecule has 0 heterocycles. The normalized spacial score (nSPS) is 10.8. The first-order valence-electron chi connectivity index (χ1n) is 18.0. The fraction of sp³-hybridized carbons (Fsp3) is 0.0200. The predicted octanol–water partition coefficient (Wildman–Crippen LogP) is 13.1. The van der Waals surface area contributed by atoms with Crippen molar-refractivity contribution in [1.82, 2.24) is 0 Å². The molecule has 260 valence electrons. The zero-order valence-electron chi connectivity index (χ0n) is 29.9. The number of aldehydes is 1. The minimum absolute atomic E-state index is 0.236. The molecule has 4 heteroatoms. The molecule has 0 unspecified atom stereocenters. The van der Waals surface area contributed by atoms with Crippen molar-refractivity contribution in [3.8, 4) is 5.75 Å². The molecule has 0 aliphatic heterocycles. The van der Waals surface area contributed by atoms with Crippen LogP contribution in [0.2, 0.25) is 0 Å². The summed E-state index contributed by atoms with van der Waals surface area (Å²) in [6, 6.07) is 70.2. The first-order valence-corrected chi connectivity index (χ1v) is 18.0. The van der Waals surface area contributed by atoms with Crippen molar-refractivity contribution in [3.05, 3.63) is 229 Å². The third-order valence-electron chi connectivity index (χ3n) is 9.50. The van der Waals surface area contributed by atoms with E-state index in [1.54, 1.807) is 0 Å². The van der Waals surface area contributed by atoms with Crippen LogP contribution in [0.1, 0.15) is 16.7 Å². The van der Waals surface area contributed by atoms with E-state index in [4.69, 9.17) is 4.74 Å². The van der Waals surface area contributed by atoms with Gasteiger partial charge in [0.2, 0.25) is 0 Å². The topological polar surface area (TPSA) is 32.8 Å². The van der Waals surface area contributed by atoms with E-state index >= 15 is 0 Å². The van der Waals surface area contributed by atoms with Gasteiger partial charge in [-0.1, -0.05) is 121 Å². The number of para-hydroxylation sites is 4. The maximum Gasteiger partial charge on any atom is 0.186 e. The Kier molecular flexibility index (Phi) is 9.81. The van der Waals surface area contributed by atoms with Crippen molar-refractivity contribution in [3.63, 3.8) is 0 Å². The molecule has 0 saturated carbocycles. The van der Waals surface area contributed by atoms with Crippen LogP contribution in [0.25, 0.3) is 16.3 Å². The molecule has 0 spiro atoms. The zero-order chi connectivity index (χ0) is 36.7. The van der Waals surface area contributed by atoms with Crippen LogP contribution in [0.5, 0.6) is 5.75 Å². The molecule has 8 rings (SSSR count). The minimum atomic E-state index is 0.236. The molecule has 0 radical (unpaired) electrons. The summed E-state index contributed by atoms with van der Waals surface area (Å²) in [4.78, 5) is 17.6. The van der Waals surface area contributed by atoms with Gasteiger partial charge in [-0.25, -0.2) is 0 Å². The Morgan fingerprint density at radius 2 is 0.759 bits per heavy atom. The highest BCUT2D eigenvalue weighted by atomic mass is 16.5. The van der Waals surface area contributed by atoms with Crippen LogP contribution in [-0.4, -0.2) is 6.29 Å². The lowest BCUT2D eigenvalue weighted by Gasteiger charge is -2.26. The van der Waals surface area contributed by atoms with Crippen molar-refractivity contribution in [2.24, 2.45) is 0 Å². The summed E-state index contributed by atoms with van der Waals surface area (Å²) in [5.41, 5.74) is 9.54. The number of rotatable bonds is 11. The molecule has 8 aromatic rings. The standard InChI is InChI=1S/C50H38N2O2/c1-37-34-40-16-14-15-17-41(40)35-48(37)54-49(36-53)50(38-26-30-46(31-27-38)51(42-18-6-2-7-19-42)43-20-8-3-9-21-43)39-28-32-47(33-29-39)52(44-22-10-4-11-23-44)45-24-12-5-13-25-45/h2-36H,1H3. The van der Waals surface area contributed by atoms with Gasteiger partial charge in [-0.05, 0) is 119 Å². The van der Waals surface area contributed by atoms with Gasteiger partial charge in [0.25, 0.3) is 0 Å². The fourth-order valence-corrected chi connectivity index (χ4v) is 6.90. The number of fused-ring (bicyclic) bond motifs is 1. The smallest absolute Gasteiger partial charge is 0.186 e. The number of ether oxygens (including phenoxy) is 1. The summed E-state index contributed by atoms with van der Waals surface area (Å²) in [6.45, 7) is 2.01. The van der Waals surface area contributed by atoms with E-state index in [1.165, 1.54) is 0 Å². The van der Waals surface area contributed by atoms with Crippen LogP contribution < -0.4 is 14.5 Å². The van der Waals surface area contributed by atoms with Crippen LogP contribution in [0, 0.1) is 6.92 Å². The molecule has 0 N–H and O–H groups in total. The molecule has 0 atom stereocenters. The molecular weight excluding hydrogens is 661 g/mol. The summed E-state index contributed by atoms with van der Waals surface area (Å²) in [5, 5.41) is 2.16. The molecule has 54 heavy (non-hydrogen) atoms. The number of hydrogen-bond donors (Lipinski definition) is 0. The largest absolute Gasteiger partial charge is 0.453 e. The highest BCUT2D eigenvalue weighted by molar-refractivity contribution is 5.95. The second-order valence-corrected chi connectivity index (χ2v) is 13.0. The average Bonchev–Trinajstić information content (AvgIpc) is 3.23. The highest BCUT2D eigenvalue weighted by Crippen LogP contribution is 2.39. The Balaban J connectivity index is 1.24. The highest BCUT2D eigenvalue weighted by Gasteiger charge is 2.19. The summed E-state index contributed by atoms with van der Waals surface area (Å²) >= 11 is 0. The average molecular weight is 699 g/mol. The number of benzene rings is 8. The monoisotopic (exact) mass is 698 g/mol. The van der Waals surface area contributed by atoms with Crippen molar-refractivity contribution in [2.45, 2.75) is 6.92 Å². The van der Waals surface area contributed by atoms with E-state index in [-0.39, 0.29) is 5.76 Å². The SMILES string of the molecule is Cc1cc2ccccc2cc1OC(C=O)=C(c1ccc(N(c2ccccc2)c2ccccc2)cc1)c1ccc(N(c2ccccc2)c2ccccc2)cc1. The third-order valence-corrected chi connectivity index (χ3v) is 9.50. The lowest BCUT2D eigenvalue weighted by atomic mass is 9.95. The van der Waals surface area contributed by atoms with Crippen molar-refractivity contribution in [2.75, 3.05) is 9.80 Å². The van der Waals surface area contributed by atoms with Gasteiger partial charge in [0, 0.05) is 39.7 Å². The van der Waals surface area contributed by atoms with E-state index < -0.39 is 0 Å². The van der Waals surface area contributed by atoms with Gasteiger partial charge in [-0.3, -0.25) is 4.79 Å². The molecule has 0 aliphatic rings. The first-order chi connectivity index (χ1) is 26.7. The summed E-state index contributed by atoms with van der Waals surface area (Å²) in [6.07, 6.45) is 0.826. The first kappa shape index (κ1) is 33.9. The summed E-state index contributed by atoms with van der Waals surface area (Å²) in [7, 11) is 0. The van der Waals surface area contributed by atoms with E-state index in [1.807, 2.05) is 97.9 Å². The van der Waals surface area contributed by atoms with Gasteiger partial charge in [0.15, 0.2) is 12.0 Å². The molecule has 0 saturated heterocycles. The van der Waals surface area contributed by atoms with Crippen LogP contribution in [0.15, 0.2) is 212 Å². The second kappa shape index (κ2) is 15.6. The second-order valence-electron chi connectivity index (χ2n) is 13.0. The number of nitrogens with zero attached hydrogens (tertiary/aromatic N) is 2. The lowest BCUT2D eigenvalue weighted by Crippen LogP contribution is -2.10. The van der Waals surface area contributed by atoms with Crippen molar-refractivity contribution in [1.29, 1.82) is 0 Å². The molecule has 8 aromatic carbocycles. The Bertz CT molecular complexity index is 2310. The van der Waals surface area contributed by atoms with E-state index in [0.29, 0.717) is 11.3 Å². The lowest BCUT2D eigenvalue weighted by molar-refractivity contribution is -0.106. The van der Waals surface area contributed by atoms with Gasteiger partial charge in [-0.2, -0.15) is 0 Å². The Hall–Kier alpha value is -7.17. The molecule has 4 nitrogen and oxygen atoms in total. The van der Waals surface area contributed by atoms with Gasteiger partial charge in [0.05, 0.1) is 0 Å². The third kappa shape index (κ3) is 7.14. The number of hydrogen-bond acceptors (Lipinski definition) is 4. The van der Waals surface area contributed by atoms with Gasteiger partial charge >= 0.3 is 0 Å². The molecule has 0 fully saturated rings. The number of anilines is 6. The van der Waals surface area contributed by atoms with E-state index in [9.17, 15) is 4.79 Å². The quantitative estimate of drug-likeness (QED) is 0.0765. The number of aryl methyl sites for hydroxylation is 1.